The van der Waals surface area contributed by atoms with E-state index in [4.69, 9.17) is 17.3 Å². The second-order valence-electron chi connectivity index (χ2n) is 4.48. The summed E-state index contributed by atoms with van der Waals surface area (Å²) in [6, 6.07) is 4.48. The first-order valence-electron chi connectivity index (χ1n) is 5.32. The third-order valence-corrected chi connectivity index (χ3v) is 3.52. The van der Waals surface area contributed by atoms with Gasteiger partial charge in [0.05, 0.1) is 0 Å². The normalized spacial score (nSPS) is 19.4. The molecule has 1 aromatic carbocycles. The van der Waals surface area contributed by atoms with E-state index in [0.29, 0.717) is 11.4 Å². The zero-order valence-corrected chi connectivity index (χ0v) is 9.36. The third-order valence-electron chi connectivity index (χ3n) is 3.15. The van der Waals surface area contributed by atoms with Crippen LogP contribution in [-0.4, -0.2) is 5.54 Å². The molecule has 0 atom stereocenters. The van der Waals surface area contributed by atoms with E-state index >= 15 is 0 Å². The van der Waals surface area contributed by atoms with Crippen LogP contribution in [0.25, 0.3) is 0 Å². The standard InChI is InChI=1S/C12H15ClFN/c13-11-4-3-10(14)7-9(11)8-12(15)5-1-2-6-12/h3-4,7H,1-2,5-6,8,15H2. The fourth-order valence-electron chi connectivity index (χ4n) is 2.31. The minimum atomic E-state index is -0.240. The van der Waals surface area contributed by atoms with Crippen molar-refractivity contribution in [2.75, 3.05) is 0 Å². The Balaban J connectivity index is 2.19. The van der Waals surface area contributed by atoms with Gasteiger partial charge in [0.2, 0.25) is 0 Å². The Labute approximate surface area is 94.4 Å². The van der Waals surface area contributed by atoms with Gasteiger partial charge in [-0.3, -0.25) is 0 Å². The molecule has 1 nitrogen and oxygen atoms in total. The van der Waals surface area contributed by atoms with Gasteiger partial charge >= 0.3 is 0 Å². The van der Waals surface area contributed by atoms with Crippen LogP contribution in [0.5, 0.6) is 0 Å². The molecule has 0 saturated heterocycles. The van der Waals surface area contributed by atoms with Gasteiger partial charge in [0, 0.05) is 10.6 Å². The Morgan fingerprint density at radius 1 is 1.33 bits per heavy atom. The summed E-state index contributed by atoms with van der Waals surface area (Å²) >= 11 is 6.01. The van der Waals surface area contributed by atoms with Gasteiger partial charge in [0.15, 0.2) is 0 Å². The van der Waals surface area contributed by atoms with E-state index in [-0.39, 0.29) is 11.4 Å². The lowest BCUT2D eigenvalue weighted by Gasteiger charge is -2.24. The summed E-state index contributed by atoms with van der Waals surface area (Å²) < 4.78 is 13.0. The minimum absolute atomic E-state index is 0.169. The van der Waals surface area contributed by atoms with E-state index in [2.05, 4.69) is 0 Å². The van der Waals surface area contributed by atoms with E-state index < -0.39 is 0 Å². The molecule has 0 aliphatic heterocycles. The number of halogens is 2. The largest absolute Gasteiger partial charge is 0.325 e. The molecular formula is C12H15ClFN. The summed E-state index contributed by atoms with van der Waals surface area (Å²) in [5, 5.41) is 0.619. The van der Waals surface area contributed by atoms with Crippen molar-refractivity contribution in [2.24, 2.45) is 5.73 Å². The smallest absolute Gasteiger partial charge is 0.123 e. The highest BCUT2D eigenvalue weighted by Gasteiger charge is 2.30. The lowest BCUT2D eigenvalue weighted by Crippen LogP contribution is -2.38. The number of nitrogens with two attached hydrogens (primary N) is 1. The van der Waals surface area contributed by atoms with Gasteiger partial charge in [0.1, 0.15) is 5.82 Å². The Hall–Kier alpha value is -0.600. The van der Waals surface area contributed by atoms with Gasteiger partial charge in [0.25, 0.3) is 0 Å². The summed E-state index contributed by atoms with van der Waals surface area (Å²) in [5.41, 5.74) is 6.89. The first-order valence-corrected chi connectivity index (χ1v) is 5.70. The Kier molecular flexibility index (Phi) is 2.98. The van der Waals surface area contributed by atoms with Crippen LogP contribution in [0.3, 0.4) is 0 Å². The van der Waals surface area contributed by atoms with Crippen LogP contribution in [0.15, 0.2) is 18.2 Å². The quantitative estimate of drug-likeness (QED) is 0.825. The summed E-state index contributed by atoms with van der Waals surface area (Å²) in [7, 11) is 0. The first kappa shape index (κ1) is 10.9. The molecule has 1 saturated carbocycles. The number of hydrogen-bond acceptors (Lipinski definition) is 1. The van der Waals surface area contributed by atoms with Gasteiger partial charge in [-0.1, -0.05) is 24.4 Å². The second-order valence-corrected chi connectivity index (χ2v) is 4.89. The van der Waals surface area contributed by atoms with Crippen LogP contribution < -0.4 is 5.73 Å². The molecule has 1 fully saturated rings. The van der Waals surface area contributed by atoms with Gasteiger partial charge in [-0.25, -0.2) is 4.39 Å². The maximum atomic E-state index is 13.0. The monoisotopic (exact) mass is 227 g/mol. The molecule has 0 aromatic heterocycles. The predicted molar refractivity (Wildman–Crippen MR) is 60.5 cm³/mol. The minimum Gasteiger partial charge on any atom is -0.325 e. The summed E-state index contributed by atoms with van der Waals surface area (Å²) in [4.78, 5) is 0. The molecule has 0 amide bonds. The van der Waals surface area contributed by atoms with Crippen LogP contribution in [0.4, 0.5) is 4.39 Å². The number of rotatable bonds is 2. The van der Waals surface area contributed by atoms with Crippen LogP contribution in [0, 0.1) is 5.82 Å². The Morgan fingerprint density at radius 3 is 2.67 bits per heavy atom. The summed E-state index contributed by atoms with van der Waals surface area (Å²) in [6.07, 6.45) is 5.05. The molecule has 1 aliphatic rings. The van der Waals surface area contributed by atoms with Crippen LogP contribution in [0.1, 0.15) is 31.2 Å². The van der Waals surface area contributed by atoms with Gasteiger partial charge in [-0.05, 0) is 43.0 Å². The topological polar surface area (TPSA) is 26.0 Å². The van der Waals surface area contributed by atoms with Crippen molar-refractivity contribution in [3.63, 3.8) is 0 Å². The first-order chi connectivity index (χ1) is 7.09. The maximum absolute atomic E-state index is 13.0. The zero-order valence-electron chi connectivity index (χ0n) is 8.60. The molecular weight excluding hydrogens is 213 g/mol. The van der Waals surface area contributed by atoms with Crippen molar-refractivity contribution in [1.82, 2.24) is 0 Å². The average molecular weight is 228 g/mol. The molecule has 3 heteroatoms. The fourth-order valence-corrected chi connectivity index (χ4v) is 2.50. The number of hydrogen-bond donors (Lipinski definition) is 1. The van der Waals surface area contributed by atoms with Crippen molar-refractivity contribution in [3.05, 3.63) is 34.6 Å². The summed E-state index contributed by atoms with van der Waals surface area (Å²) in [5.74, 6) is -0.240. The maximum Gasteiger partial charge on any atom is 0.123 e. The van der Waals surface area contributed by atoms with Crippen molar-refractivity contribution in [3.8, 4) is 0 Å². The molecule has 82 valence electrons. The highest BCUT2D eigenvalue weighted by Crippen LogP contribution is 2.32. The second kappa shape index (κ2) is 4.11. The lowest BCUT2D eigenvalue weighted by molar-refractivity contribution is 0.435. The molecule has 15 heavy (non-hydrogen) atoms. The SMILES string of the molecule is NC1(Cc2cc(F)ccc2Cl)CCCC1. The predicted octanol–water partition coefficient (Wildman–Crippen LogP) is 3.29. The van der Waals surface area contributed by atoms with Crippen LogP contribution in [-0.2, 0) is 6.42 Å². The van der Waals surface area contributed by atoms with Gasteiger partial charge in [-0.2, -0.15) is 0 Å². The lowest BCUT2D eigenvalue weighted by atomic mass is 9.90. The Bertz CT molecular complexity index is 359. The highest BCUT2D eigenvalue weighted by atomic mass is 35.5. The van der Waals surface area contributed by atoms with Crippen molar-refractivity contribution < 1.29 is 4.39 Å². The molecule has 0 spiro atoms. The highest BCUT2D eigenvalue weighted by molar-refractivity contribution is 6.31. The molecule has 0 bridgehead atoms. The Morgan fingerprint density at radius 2 is 2.00 bits per heavy atom. The van der Waals surface area contributed by atoms with Crippen molar-refractivity contribution in [2.45, 2.75) is 37.6 Å². The molecule has 0 heterocycles. The molecule has 0 radical (unpaired) electrons. The molecule has 1 aliphatic carbocycles. The van der Waals surface area contributed by atoms with E-state index in [1.165, 1.54) is 25.0 Å². The van der Waals surface area contributed by atoms with E-state index in [9.17, 15) is 4.39 Å². The van der Waals surface area contributed by atoms with E-state index in [1.54, 1.807) is 6.07 Å². The molecule has 0 unspecified atom stereocenters. The van der Waals surface area contributed by atoms with Gasteiger partial charge in [-0.15, -0.1) is 0 Å². The van der Waals surface area contributed by atoms with E-state index in [1.807, 2.05) is 0 Å². The third kappa shape index (κ3) is 2.50. The van der Waals surface area contributed by atoms with Crippen LogP contribution >= 0.6 is 11.6 Å². The van der Waals surface area contributed by atoms with Crippen molar-refractivity contribution >= 4 is 11.6 Å². The average Bonchev–Trinajstić information content (AvgIpc) is 2.59. The zero-order chi connectivity index (χ0) is 10.9. The summed E-state index contributed by atoms with van der Waals surface area (Å²) in [6.45, 7) is 0. The number of benzene rings is 1. The van der Waals surface area contributed by atoms with E-state index in [0.717, 1.165) is 18.4 Å². The van der Waals surface area contributed by atoms with Gasteiger partial charge < -0.3 is 5.73 Å². The molecule has 2 rings (SSSR count). The fraction of sp³-hybridized carbons (Fsp3) is 0.500. The van der Waals surface area contributed by atoms with Crippen LogP contribution in [0.2, 0.25) is 5.02 Å². The molecule has 2 N–H and O–H groups in total. The molecule has 1 aromatic rings. The van der Waals surface area contributed by atoms with Crippen molar-refractivity contribution in [1.29, 1.82) is 0 Å².